The van der Waals surface area contributed by atoms with Gasteiger partial charge in [0.2, 0.25) is 0 Å². The van der Waals surface area contributed by atoms with E-state index < -0.39 is 27.0 Å². The zero-order valence-corrected chi connectivity index (χ0v) is 74.4. The monoisotopic (exact) mass is 1680 g/mol. The fraction of sp³-hybridized carbons (Fsp3) is 0.600. The van der Waals surface area contributed by atoms with Gasteiger partial charge in [-0.15, -0.1) is 0 Å². The van der Waals surface area contributed by atoms with E-state index in [1.807, 2.05) is 59.5 Å². The van der Waals surface area contributed by atoms with Crippen LogP contribution in [0.3, 0.4) is 0 Å². The summed E-state index contributed by atoms with van der Waals surface area (Å²) in [6, 6.07) is 28.1. The summed E-state index contributed by atoms with van der Waals surface area (Å²) in [5, 5.41) is 0. The molecule has 570 valence electrons. The third kappa shape index (κ3) is 27.0. The fourth-order valence-electron chi connectivity index (χ4n) is 19.6. The molecule has 0 radical (unpaired) electrons. The second-order valence-electron chi connectivity index (χ2n) is 32.3. The first-order chi connectivity index (χ1) is 49.0. The summed E-state index contributed by atoms with van der Waals surface area (Å²) in [4.78, 5) is 9.62. The van der Waals surface area contributed by atoms with Gasteiger partial charge in [0.25, 0.3) is 0 Å². The molecule has 102 heavy (non-hydrogen) atoms. The predicted octanol–water partition coefficient (Wildman–Crippen LogP) is 27.8. The van der Waals surface area contributed by atoms with Crippen molar-refractivity contribution in [3.05, 3.63) is 176 Å². The Morgan fingerprint density at radius 1 is 0.333 bits per heavy atom. The van der Waals surface area contributed by atoms with Crippen LogP contribution in [-0.4, -0.2) is 69.4 Å². The standard InChI is InChI=1S/2C21H27N2.2C18H33P.C7H6.C5H8.4ClH.2Ru/c2*1-14-9-16(3)20(17(4)10-14)22-7-8-23(13-22)21-18(5)11-15(2)12-19(21)6;2*1-4-10-16(11-5-1)19(17-12-6-2-7-13-17)18-14-8-3-9-15-18;1-7-5-3-2-4-6-7;1-4-5(2)3;;;;;;/h2*9-13H,7-8H2,1-6H3;2*16-18H,1-15H2;1-6H;1,4H,2-3H3;4*1H;;/q2*-1;;;;;;;;;2*+2/p-2. The van der Waals surface area contributed by atoms with Gasteiger partial charge in [0.05, 0.1) is 34.0 Å². The SMILES string of the molecule is C1CCC([PH+](C2CCCCC2)C2CCCCC2)CC1.C1CCC([PH+](C2CCCCC2)C2CCCCC2)CC1.CC(C)=C[CH]=[Ru]([Cl])[Cl].Cc1cc(C)c(N2[CH-]N(c3c(C)cc(C)cc3C)CC2)c(C)c1.Cc1cc(C)c(N2[CH-]N(c3c(C)cc(C)cc3C)CC2)c(C)c1.[Cl][Ru]([Cl])=[CH]c1ccccc1. The molecule has 13 rings (SSSR count). The quantitative estimate of drug-likeness (QED) is 0.0701. The van der Waals surface area contributed by atoms with Crippen molar-refractivity contribution < 1.29 is 27.0 Å². The third-order valence-corrected chi connectivity index (χ3v) is 36.1. The first-order valence-corrected chi connectivity index (χ1v) is 54.6. The van der Waals surface area contributed by atoms with E-state index in [2.05, 4.69) is 165 Å². The van der Waals surface area contributed by atoms with Crippen molar-refractivity contribution in [2.45, 2.75) is 324 Å². The summed E-state index contributed by atoms with van der Waals surface area (Å²) in [5.74, 6) is 0. The maximum atomic E-state index is 5.67. The van der Waals surface area contributed by atoms with Crippen LogP contribution in [0.15, 0.2) is 90.5 Å². The Bertz CT molecular complexity index is 2930. The summed E-state index contributed by atoms with van der Waals surface area (Å²) in [6.07, 6.45) is 49.5. The second kappa shape index (κ2) is 44.6. The summed E-state index contributed by atoms with van der Waals surface area (Å²) in [7, 11) is 22.3. The Hall–Kier alpha value is -1.95. The summed E-state index contributed by atoms with van der Waals surface area (Å²) < 4.78 is 3.80. The number of anilines is 4. The second-order valence-corrected chi connectivity index (χ2v) is 50.7. The van der Waals surface area contributed by atoms with Crippen molar-refractivity contribution in [2.75, 3.05) is 45.8 Å². The van der Waals surface area contributed by atoms with E-state index in [-0.39, 0.29) is 15.8 Å². The van der Waals surface area contributed by atoms with E-state index in [0.717, 1.165) is 31.7 Å². The Labute approximate surface area is 653 Å². The molecular weight excluding hydrogens is 1540 g/mol. The molecule has 12 heteroatoms. The number of halogens is 4. The minimum absolute atomic E-state index is 0.0465. The van der Waals surface area contributed by atoms with Crippen LogP contribution in [0.4, 0.5) is 22.7 Å². The molecule has 8 fully saturated rings. The van der Waals surface area contributed by atoms with Crippen LogP contribution in [0.2, 0.25) is 0 Å². The van der Waals surface area contributed by atoms with Crippen LogP contribution >= 0.6 is 54.6 Å². The van der Waals surface area contributed by atoms with Gasteiger partial charge in [0, 0.05) is 64.8 Å². The van der Waals surface area contributed by atoms with Gasteiger partial charge >= 0.3 is 136 Å². The molecule has 8 aliphatic rings. The van der Waals surface area contributed by atoms with Crippen molar-refractivity contribution in [2.24, 2.45) is 0 Å². The molecule has 2 heterocycles. The van der Waals surface area contributed by atoms with Gasteiger partial charge < -0.3 is 19.6 Å². The number of nitrogens with zero attached hydrogens (tertiary/aromatic N) is 4. The normalized spacial score (nSPS) is 19.3. The Morgan fingerprint density at radius 3 is 0.725 bits per heavy atom. The van der Waals surface area contributed by atoms with E-state index in [9.17, 15) is 0 Å². The van der Waals surface area contributed by atoms with Crippen molar-refractivity contribution in [3.8, 4) is 0 Å². The van der Waals surface area contributed by atoms with Gasteiger partial charge in [0.1, 0.15) is 0 Å². The van der Waals surface area contributed by atoms with Crippen LogP contribution in [0.25, 0.3) is 0 Å². The van der Waals surface area contributed by atoms with Crippen molar-refractivity contribution in [1.29, 1.82) is 0 Å². The number of allylic oxidation sites excluding steroid dienone is 2. The molecule has 5 aromatic rings. The third-order valence-electron chi connectivity index (χ3n) is 23.3. The molecule has 6 saturated carbocycles. The molecule has 6 aliphatic carbocycles. The van der Waals surface area contributed by atoms with Gasteiger partial charge in [0.15, 0.2) is 0 Å². The molecule has 0 amide bonds. The van der Waals surface area contributed by atoms with E-state index in [0.29, 0.717) is 0 Å². The number of hydrogen-bond donors (Lipinski definition) is 0. The molecule has 0 atom stereocenters. The van der Waals surface area contributed by atoms with E-state index >= 15 is 0 Å². The van der Waals surface area contributed by atoms with Crippen LogP contribution in [0.1, 0.15) is 279 Å². The molecule has 4 nitrogen and oxygen atoms in total. The Morgan fingerprint density at radius 2 is 0.549 bits per heavy atom. The molecular formula is C90H136Cl4N4P2Ru2. The molecule has 0 aromatic heterocycles. The number of rotatable bonds is 12. The fourth-order valence-corrected chi connectivity index (χ4v) is 33.2. The average molecular weight is 1680 g/mol. The van der Waals surface area contributed by atoms with E-state index in [1.54, 1.807) is 193 Å². The first kappa shape index (κ1) is 85.7. The summed E-state index contributed by atoms with van der Waals surface area (Å²) in [5.41, 5.74) is 31.4. The van der Waals surface area contributed by atoms with Gasteiger partial charge in [-0.25, -0.2) is 0 Å². The number of hydrogen-bond acceptors (Lipinski definition) is 4. The zero-order valence-electron chi connectivity index (χ0n) is 65.9. The van der Waals surface area contributed by atoms with Crippen LogP contribution < -0.4 is 19.6 Å². The topological polar surface area (TPSA) is 13.0 Å². The van der Waals surface area contributed by atoms with Crippen LogP contribution in [-0.2, 0) is 27.0 Å². The average Bonchev–Trinajstić information content (AvgIpc) is 1.62. The van der Waals surface area contributed by atoms with Crippen LogP contribution in [0.5, 0.6) is 0 Å². The first-order valence-electron chi connectivity index (χ1n) is 40.2. The van der Waals surface area contributed by atoms with Crippen molar-refractivity contribution in [3.63, 3.8) is 0 Å². The Balaban J connectivity index is 0.000000160. The molecule has 5 aromatic carbocycles. The maximum absolute atomic E-state index is 5.67. The zero-order chi connectivity index (χ0) is 73.2. The molecule has 0 spiro atoms. The molecule has 0 bridgehead atoms. The summed E-state index contributed by atoms with van der Waals surface area (Å²) >= 11 is -3.13. The van der Waals surface area contributed by atoms with Crippen LogP contribution in [0, 0.1) is 96.4 Å². The van der Waals surface area contributed by atoms with Gasteiger partial charge in [-0.3, -0.25) is 0 Å². The minimum atomic E-state index is -1.61. The van der Waals surface area contributed by atoms with Crippen molar-refractivity contribution >= 4 is 86.6 Å². The van der Waals surface area contributed by atoms with Gasteiger partial charge in [-0.2, -0.15) is 13.3 Å². The molecule has 2 saturated heterocycles. The van der Waals surface area contributed by atoms with Gasteiger partial charge in [-0.1, -0.05) is 109 Å². The molecule has 2 aliphatic heterocycles. The predicted molar refractivity (Wildman–Crippen MR) is 459 cm³/mol. The van der Waals surface area contributed by atoms with E-state index in [4.69, 9.17) is 38.8 Å². The molecule has 0 N–H and O–H groups in total. The molecule has 0 unspecified atom stereocenters. The summed E-state index contributed by atoms with van der Waals surface area (Å²) in [6.45, 7) is 39.2. The van der Waals surface area contributed by atoms with Gasteiger partial charge in [-0.05, 0) is 282 Å². The number of aryl methyl sites for hydroxylation is 12. The van der Waals surface area contributed by atoms with Crippen molar-refractivity contribution in [1.82, 2.24) is 0 Å². The van der Waals surface area contributed by atoms with E-state index in [1.165, 1.54) is 129 Å². The number of benzene rings is 5. The Kier molecular flexibility index (Phi) is 37.5.